The first-order valence-corrected chi connectivity index (χ1v) is 8.77. The molecule has 1 unspecified atom stereocenters. The first-order valence-electron chi connectivity index (χ1n) is 6.08. The zero-order valence-corrected chi connectivity index (χ0v) is 13.7. The molecule has 0 radical (unpaired) electrons. The fourth-order valence-electron chi connectivity index (χ4n) is 2.00. The van der Waals surface area contributed by atoms with E-state index in [9.17, 15) is 13.2 Å². The molecule has 2 rings (SSSR count). The Hall–Kier alpha value is -0.780. The summed E-state index contributed by atoms with van der Waals surface area (Å²) in [4.78, 5) is 11.9. The first kappa shape index (κ1) is 15.6. The lowest BCUT2D eigenvalue weighted by Crippen LogP contribution is -2.28. The van der Waals surface area contributed by atoms with Crippen molar-refractivity contribution in [2.45, 2.75) is 38.1 Å². The van der Waals surface area contributed by atoms with Crippen LogP contribution in [0.15, 0.2) is 17.0 Å². The van der Waals surface area contributed by atoms with Crippen molar-refractivity contribution in [2.75, 3.05) is 0 Å². The number of carbonyl (C=O) groups is 1. The third-order valence-corrected chi connectivity index (χ3v) is 5.52. The number of carbonyl (C=O) groups excluding carboxylic acids is 1. The number of nitrogens with one attached hydrogen (secondary N) is 1. The van der Waals surface area contributed by atoms with Crippen LogP contribution in [0.1, 0.15) is 36.2 Å². The Kier molecular flexibility index (Phi) is 3.82. The topological polar surface area (TPSA) is 63.2 Å². The van der Waals surface area contributed by atoms with Gasteiger partial charge >= 0.3 is 0 Å². The van der Waals surface area contributed by atoms with Gasteiger partial charge < -0.3 is 5.32 Å². The third kappa shape index (κ3) is 3.10. The van der Waals surface area contributed by atoms with Crippen molar-refractivity contribution < 1.29 is 13.2 Å². The van der Waals surface area contributed by atoms with Crippen LogP contribution < -0.4 is 5.32 Å². The zero-order chi connectivity index (χ0) is 15.3. The Morgan fingerprint density at radius 3 is 2.40 bits per heavy atom. The average molecular weight is 336 g/mol. The molecule has 1 amide bonds. The minimum Gasteiger partial charge on any atom is -0.349 e. The summed E-state index contributed by atoms with van der Waals surface area (Å²) in [6.45, 7) is 5.74. The summed E-state index contributed by atoms with van der Waals surface area (Å²) < 4.78 is 22.9. The minimum absolute atomic E-state index is 0.0447. The molecule has 0 spiro atoms. The molecule has 0 aromatic heterocycles. The van der Waals surface area contributed by atoms with Crippen LogP contribution in [0.2, 0.25) is 5.02 Å². The molecule has 0 saturated heterocycles. The summed E-state index contributed by atoms with van der Waals surface area (Å²) in [5.41, 5.74) is 0.834. The molecule has 1 aliphatic carbocycles. The van der Waals surface area contributed by atoms with E-state index in [1.165, 1.54) is 6.07 Å². The van der Waals surface area contributed by atoms with Gasteiger partial charge in [0.25, 0.3) is 15.0 Å². The number of aryl methyl sites for hydroxylation is 1. The summed E-state index contributed by atoms with van der Waals surface area (Å²) in [6.07, 6.45) is 0.909. The van der Waals surface area contributed by atoms with Crippen LogP contribution >= 0.6 is 22.3 Å². The maximum atomic E-state index is 12.1. The summed E-state index contributed by atoms with van der Waals surface area (Å²) in [6, 6.07) is 2.88. The van der Waals surface area contributed by atoms with E-state index in [2.05, 4.69) is 19.2 Å². The highest BCUT2D eigenvalue weighted by atomic mass is 35.7. The van der Waals surface area contributed by atoms with Gasteiger partial charge in [-0.1, -0.05) is 25.4 Å². The number of hydrogen-bond acceptors (Lipinski definition) is 3. The Morgan fingerprint density at radius 2 is 1.95 bits per heavy atom. The Morgan fingerprint density at radius 1 is 1.40 bits per heavy atom. The van der Waals surface area contributed by atoms with E-state index in [-0.39, 0.29) is 32.8 Å². The zero-order valence-electron chi connectivity index (χ0n) is 11.3. The van der Waals surface area contributed by atoms with Crippen LogP contribution in [0.3, 0.4) is 0 Å². The summed E-state index contributed by atoms with van der Waals surface area (Å²) in [5, 5.41) is 2.91. The Balaban J connectivity index is 2.34. The van der Waals surface area contributed by atoms with E-state index < -0.39 is 9.05 Å². The molecule has 0 heterocycles. The van der Waals surface area contributed by atoms with Gasteiger partial charge in [-0.3, -0.25) is 4.79 Å². The van der Waals surface area contributed by atoms with Gasteiger partial charge in [0.1, 0.15) is 4.90 Å². The molecule has 7 heteroatoms. The van der Waals surface area contributed by atoms with Crippen molar-refractivity contribution in [2.24, 2.45) is 5.41 Å². The minimum atomic E-state index is -3.99. The van der Waals surface area contributed by atoms with Gasteiger partial charge in [-0.2, -0.15) is 0 Å². The first-order chi connectivity index (χ1) is 9.02. The van der Waals surface area contributed by atoms with Crippen LogP contribution in [0.5, 0.6) is 0 Å². The van der Waals surface area contributed by atoms with E-state index in [0.29, 0.717) is 5.56 Å². The number of halogens is 2. The van der Waals surface area contributed by atoms with E-state index in [1.807, 2.05) is 0 Å². The lowest BCUT2D eigenvalue weighted by atomic mass is 10.1. The lowest BCUT2D eigenvalue weighted by Gasteiger charge is -2.10. The standard InChI is InChI=1S/C13H15Cl2NO3S/c1-7-4-8(5-9(11(7)14)20(15,18)19)12(17)16-10-6-13(10,2)3/h4-5,10H,6H2,1-3H3,(H,16,17). The van der Waals surface area contributed by atoms with E-state index in [0.717, 1.165) is 6.42 Å². The van der Waals surface area contributed by atoms with Gasteiger partial charge in [0.2, 0.25) is 0 Å². The predicted molar refractivity (Wildman–Crippen MR) is 78.9 cm³/mol. The molecular formula is C13H15Cl2NO3S. The highest BCUT2D eigenvalue weighted by Gasteiger charge is 2.46. The largest absolute Gasteiger partial charge is 0.349 e. The van der Waals surface area contributed by atoms with Crippen molar-refractivity contribution in [1.82, 2.24) is 5.32 Å². The van der Waals surface area contributed by atoms with Crippen LogP contribution in [0.25, 0.3) is 0 Å². The number of hydrogen-bond donors (Lipinski definition) is 1. The fraction of sp³-hybridized carbons (Fsp3) is 0.462. The molecule has 1 N–H and O–H groups in total. The number of amides is 1. The van der Waals surface area contributed by atoms with Gasteiger partial charge in [-0.05, 0) is 36.5 Å². The third-order valence-electron chi connectivity index (χ3n) is 3.56. The number of rotatable bonds is 3. The smallest absolute Gasteiger partial charge is 0.262 e. The molecule has 1 fully saturated rings. The van der Waals surface area contributed by atoms with E-state index >= 15 is 0 Å². The number of benzene rings is 1. The highest BCUT2D eigenvalue weighted by Crippen LogP contribution is 2.44. The maximum Gasteiger partial charge on any atom is 0.262 e. The van der Waals surface area contributed by atoms with Gasteiger partial charge in [0.05, 0.1) is 5.02 Å². The molecular weight excluding hydrogens is 321 g/mol. The van der Waals surface area contributed by atoms with Crippen LogP contribution in [0.4, 0.5) is 0 Å². The molecule has 1 saturated carbocycles. The Bertz CT molecular complexity index is 683. The highest BCUT2D eigenvalue weighted by molar-refractivity contribution is 8.13. The molecule has 0 bridgehead atoms. The van der Waals surface area contributed by atoms with Gasteiger partial charge in [0, 0.05) is 22.3 Å². The van der Waals surface area contributed by atoms with Crippen molar-refractivity contribution in [3.05, 3.63) is 28.3 Å². The SMILES string of the molecule is Cc1cc(C(=O)NC2CC2(C)C)cc(S(=O)(=O)Cl)c1Cl. The molecule has 0 aliphatic heterocycles. The van der Waals surface area contributed by atoms with Crippen LogP contribution in [-0.2, 0) is 9.05 Å². The molecule has 1 aromatic carbocycles. The maximum absolute atomic E-state index is 12.1. The van der Waals surface area contributed by atoms with E-state index in [4.69, 9.17) is 22.3 Å². The quantitative estimate of drug-likeness (QED) is 0.863. The van der Waals surface area contributed by atoms with Gasteiger partial charge in [-0.15, -0.1) is 0 Å². The summed E-state index contributed by atoms with van der Waals surface area (Å²) >= 11 is 5.92. The second-order valence-electron chi connectivity index (χ2n) is 5.76. The summed E-state index contributed by atoms with van der Waals surface area (Å²) in [7, 11) is 1.34. The monoisotopic (exact) mass is 335 g/mol. The second kappa shape index (κ2) is 4.90. The summed E-state index contributed by atoms with van der Waals surface area (Å²) in [5.74, 6) is -0.318. The van der Waals surface area contributed by atoms with Crippen molar-refractivity contribution >= 4 is 37.2 Å². The van der Waals surface area contributed by atoms with Gasteiger partial charge in [0.15, 0.2) is 0 Å². The molecule has 1 atom stereocenters. The normalized spacial score (nSPS) is 20.6. The Labute approximate surface area is 127 Å². The molecule has 4 nitrogen and oxygen atoms in total. The average Bonchev–Trinajstić information content (AvgIpc) is 2.87. The lowest BCUT2D eigenvalue weighted by molar-refractivity contribution is 0.0946. The molecule has 110 valence electrons. The molecule has 20 heavy (non-hydrogen) atoms. The van der Waals surface area contributed by atoms with Crippen molar-refractivity contribution in [1.29, 1.82) is 0 Å². The van der Waals surface area contributed by atoms with Crippen molar-refractivity contribution in [3.63, 3.8) is 0 Å². The molecule has 1 aliphatic rings. The molecule has 1 aromatic rings. The second-order valence-corrected chi connectivity index (χ2v) is 8.67. The fourth-order valence-corrected chi connectivity index (χ4v) is 3.54. The van der Waals surface area contributed by atoms with E-state index in [1.54, 1.807) is 13.0 Å². The van der Waals surface area contributed by atoms with Crippen LogP contribution in [0, 0.1) is 12.3 Å². The van der Waals surface area contributed by atoms with Crippen molar-refractivity contribution in [3.8, 4) is 0 Å². The van der Waals surface area contributed by atoms with Crippen LogP contribution in [-0.4, -0.2) is 20.4 Å². The van der Waals surface area contributed by atoms with Gasteiger partial charge in [-0.25, -0.2) is 8.42 Å². The predicted octanol–water partition coefficient (Wildman–Crippen LogP) is 3.10.